The highest BCUT2D eigenvalue weighted by molar-refractivity contribution is 5.75. The largest absolute Gasteiger partial charge is 0.303 e. The highest BCUT2D eigenvalue weighted by Gasteiger charge is 2.05. The van der Waals surface area contributed by atoms with Gasteiger partial charge in [-0.15, -0.1) is 0 Å². The zero-order valence-corrected chi connectivity index (χ0v) is 10.8. The average Bonchev–Trinajstić information content (AvgIpc) is 2.26. The molecular weight excluding hydrogens is 200 g/mol. The fraction of sp³-hybridized carbons (Fsp3) is 0.857. The number of Topliss-reactive ketones (excluding diaryl/α,β-unsaturated/α-hetero) is 1. The molecule has 0 spiro atoms. The van der Waals surface area contributed by atoms with Crippen molar-refractivity contribution >= 4 is 12.1 Å². The first-order valence-corrected chi connectivity index (χ1v) is 6.65. The van der Waals surface area contributed by atoms with Gasteiger partial charge in [-0.05, 0) is 26.2 Å². The zero-order chi connectivity index (χ0) is 12.2. The van der Waals surface area contributed by atoms with Gasteiger partial charge in [0, 0.05) is 12.3 Å². The van der Waals surface area contributed by atoms with Crippen molar-refractivity contribution in [3.63, 3.8) is 0 Å². The molecule has 0 aliphatic rings. The van der Waals surface area contributed by atoms with Crippen molar-refractivity contribution in [1.82, 2.24) is 0 Å². The minimum Gasteiger partial charge on any atom is -0.303 e. The number of unbranched alkanes of at least 4 members (excludes halogenated alkanes) is 4. The lowest BCUT2D eigenvalue weighted by atomic mass is 9.96. The van der Waals surface area contributed by atoms with E-state index in [1.165, 1.54) is 6.42 Å². The molecule has 1 unspecified atom stereocenters. The van der Waals surface area contributed by atoms with Crippen LogP contribution in [0.1, 0.15) is 71.6 Å². The Balaban J connectivity index is 3.33. The smallest absolute Gasteiger partial charge is 0.129 e. The highest BCUT2D eigenvalue weighted by atomic mass is 16.1. The minimum atomic E-state index is 0.271. The summed E-state index contributed by atoms with van der Waals surface area (Å²) in [5.74, 6) is 0.557. The summed E-state index contributed by atoms with van der Waals surface area (Å²) in [6.07, 6.45) is 10.7. The maximum Gasteiger partial charge on any atom is 0.129 e. The van der Waals surface area contributed by atoms with E-state index >= 15 is 0 Å². The molecule has 2 nitrogen and oxygen atoms in total. The van der Waals surface area contributed by atoms with Gasteiger partial charge in [0.2, 0.25) is 0 Å². The second kappa shape index (κ2) is 10.8. The molecule has 0 saturated heterocycles. The summed E-state index contributed by atoms with van der Waals surface area (Å²) in [7, 11) is 0. The predicted molar refractivity (Wildman–Crippen MR) is 67.5 cm³/mol. The van der Waals surface area contributed by atoms with Crippen LogP contribution in [-0.2, 0) is 9.59 Å². The Bertz CT molecular complexity index is 187. The summed E-state index contributed by atoms with van der Waals surface area (Å²) < 4.78 is 0. The first kappa shape index (κ1) is 15.3. The first-order valence-electron chi connectivity index (χ1n) is 6.65. The lowest BCUT2D eigenvalue weighted by molar-refractivity contribution is -0.117. The van der Waals surface area contributed by atoms with Crippen LogP contribution in [0.4, 0.5) is 0 Å². The molecule has 0 aromatic carbocycles. The molecule has 0 radical (unpaired) electrons. The van der Waals surface area contributed by atoms with Crippen molar-refractivity contribution in [2.75, 3.05) is 0 Å². The quantitative estimate of drug-likeness (QED) is 0.395. The molecule has 0 rings (SSSR count). The van der Waals surface area contributed by atoms with Crippen molar-refractivity contribution in [2.45, 2.75) is 71.6 Å². The summed E-state index contributed by atoms with van der Waals surface area (Å²) >= 11 is 0. The highest BCUT2D eigenvalue weighted by Crippen LogP contribution is 2.15. The standard InChI is InChI=1S/C14H26O2/c1-3-4-10-14(12-15)11-8-6-5-7-9-13(2)16/h12,14H,3-11H2,1-2H3. The van der Waals surface area contributed by atoms with Gasteiger partial charge >= 0.3 is 0 Å². The average molecular weight is 226 g/mol. The van der Waals surface area contributed by atoms with Gasteiger partial charge in [-0.1, -0.05) is 39.0 Å². The molecule has 1 atom stereocenters. The molecule has 0 bridgehead atoms. The fourth-order valence-electron chi connectivity index (χ4n) is 1.88. The molecule has 0 aliphatic heterocycles. The summed E-state index contributed by atoms with van der Waals surface area (Å²) in [4.78, 5) is 21.5. The maximum atomic E-state index is 10.8. The second-order valence-electron chi connectivity index (χ2n) is 4.69. The van der Waals surface area contributed by atoms with Crippen LogP contribution in [-0.4, -0.2) is 12.1 Å². The van der Waals surface area contributed by atoms with Crippen molar-refractivity contribution in [1.29, 1.82) is 0 Å². The Labute approximate surface area is 99.8 Å². The van der Waals surface area contributed by atoms with Crippen molar-refractivity contribution in [2.24, 2.45) is 5.92 Å². The summed E-state index contributed by atoms with van der Waals surface area (Å²) in [6, 6.07) is 0. The van der Waals surface area contributed by atoms with Gasteiger partial charge in [0.15, 0.2) is 0 Å². The molecule has 0 N–H and O–H groups in total. The number of hydrogen-bond donors (Lipinski definition) is 0. The molecule has 0 saturated carbocycles. The Kier molecular flexibility index (Phi) is 10.4. The fourth-order valence-corrected chi connectivity index (χ4v) is 1.88. The van der Waals surface area contributed by atoms with Crippen LogP contribution in [0.2, 0.25) is 0 Å². The lowest BCUT2D eigenvalue weighted by Crippen LogP contribution is -2.01. The van der Waals surface area contributed by atoms with Gasteiger partial charge < -0.3 is 9.59 Å². The van der Waals surface area contributed by atoms with E-state index in [1.54, 1.807) is 6.92 Å². The van der Waals surface area contributed by atoms with E-state index in [0.717, 1.165) is 51.2 Å². The third-order valence-corrected chi connectivity index (χ3v) is 2.97. The van der Waals surface area contributed by atoms with Gasteiger partial charge in [0.1, 0.15) is 12.1 Å². The number of ketones is 1. The second-order valence-corrected chi connectivity index (χ2v) is 4.69. The number of carbonyl (C=O) groups excluding carboxylic acids is 2. The third-order valence-electron chi connectivity index (χ3n) is 2.97. The van der Waals surface area contributed by atoms with Crippen LogP contribution in [0.3, 0.4) is 0 Å². The zero-order valence-electron chi connectivity index (χ0n) is 10.8. The van der Waals surface area contributed by atoms with Crippen molar-refractivity contribution in [3.05, 3.63) is 0 Å². The van der Waals surface area contributed by atoms with E-state index in [0.29, 0.717) is 6.42 Å². The third kappa shape index (κ3) is 9.88. The number of hydrogen-bond acceptors (Lipinski definition) is 2. The summed E-state index contributed by atoms with van der Waals surface area (Å²) in [6.45, 7) is 3.80. The topological polar surface area (TPSA) is 34.1 Å². The van der Waals surface area contributed by atoms with E-state index in [4.69, 9.17) is 0 Å². The Morgan fingerprint density at radius 3 is 2.25 bits per heavy atom. The molecule has 0 aromatic heterocycles. The first-order chi connectivity index (χ1) is 7.70. The van der Waals surface area contributed by atoms with E-state index in [-0.39, 0.29) is 11.7 Å². The molecule has 94 valence electrons. The predicted octanol–water partition coefficient (Wildman–Crippen LogP) is 3.92. The molecule has 0 fully saturated rings. The molecule has 0 heterocycles. The number of aldehydes is 1. The molecule has 0 amide bonds. The van der Waals surface area contributed by atoms with Gasteiger partial charge in [-0.3, -0.25) is 0 Å². The van der Waals surface area contributed by atoms with E-state index in [2.05, 4.69) is 6.92 Å². The van der Waals surface area contributed by atoms with Gasteiger partial charge in [0.25, 0.3) is 0 Å². The molecule has 0 aromatic rings. The van der Waals surface area contributed by atoms with Gasteiger partial charge in [-0.2, -0.15) is 0 Å². The van der Waals surface area contributed by atoms with Gasteiger partial charge in [-0.25, -0.2) is 0 Å². The number of rotatable bonds is 11. The van der Waals surface area contributed by atoms with E-state index in [9.17, 15) is 9.59 Å². The van der Waals surface area contributed by atoms with Crippen LogP contribution in [0, 0.1) is 5.92 Å². The lowest BCUT2D eigenvalue weighted by Gasteiger charge is -2.08. The summed E-state index contributed by atoms with van der Waals surface area (Å²) in [5.41, 5.74) is 0. The minimum absolute atomic E-state index is 0.271. The summed E-state index contributed by atoms with van der Waals surface area (Å²) in [5, 5.41) is 0. The van der Waals surface area contributed by atoms with Crippen LogP contribution >= 0.6 is 0 Å². The van der Waals surface area contributed by atoms with Crippen LogP contribution < -0.4 is 0 Å². The molecule has 0 aliphatic carbocycles. The van der Waals surface area contributed by atoms with E-state index in [1.807, 2.05) is 0 Å². The number of carbonyl (C=O) groups is 2. The SMILES string of the molecule is CCCCC(C=O)CCCCCCC(C)=O. The molecule has 16 heavy (non-hydrogen) atoms. The van der Waals surface area contributed by atoms with Crippen LogP contribution in [0.25, 0.3) is 0 Å². The van der Waals surface area contributed by atoms with E-state index < -0.39 is 0 Å². The van der Waals surface area contributed by atoms with Crippen LogP contribution in [0.15, 0.2) is 0 Å². The monoisotopic (exact) mass is 226 g/mol. The Hall–Kier alpha value is -0.660. The Morgan fingerprint density at radius 1 is 1.06 bits per heavy atom. The molecule has 2 heteroatoms. The Morgan fingerprint density at radius 2 is 1.69 bits per heavy atom. The van der Waals surface area contributed by atoms with Gasteiger partial charge in [0.05, 0.1) is 0 Å². The maximum absolute atomic E-state index is 10.8. The normalized spacial score (nSPS) is 12.4. The van der Waals surface area contributed by atoms with Crippen LogP contribution in [0.5, 0.6) is 0 Å². The molecular formula is C14H26O2. The van der Waals surface area contributed by atoms with Crippen molar-refractivity contribution in [3.8, 4) is 0 Å². The van der Waals surface area contributed by atoms with Crippen molar-refractivity contribution < 1.29 is 9.59 Å².